The molecule has 0 aromatic carbocycles. The van der Waals surface area contributed by atoms with Crippen molar-refractivity contribution in [2.45, 2.75) is 51.0 Å². The summed E-state index contributed by atoms with van der Waals surface area (Å²) in [6, 6.07) is 4.76. The van der Waals surface area contributed by atoms with Crippen molar-refractivity contribution in [3.8, 4) is 12.1 Å². The van der Waals surface area contributed by atoms with Crippen LogP contribution in [0.25, 0.3) is 17.1 Å². The minimum atomic E-state index is -0.0854. The van der Waals surface area contributed by atoms with Gasteiger partial charge in [-0.15, -0.1) is 0 Å². The Labute approximate surface area is 188 Å². The number of carbonyl (C=O) groups excluding carboxylic acids is 1. The molecule has 1 saturated carbocycles. The van der Waals surface area contributed by atoms with Crippen LogP contribution in [0.2, 0.25) is 0 Å². The smallest absolute Gasteiger partial charge is 0.289 e. The summed E-state index contributed by atoms with van der Waals surface area (Å²) in [6.45, 7) is 5.14. The van der Waals surface area contributed by atoms with E-state index >= 15 is 0 Å². The first-order valence-corrected chi connectivity index (χ1v) is 11.4. The first kappa shape index (κ1) is 21.8. The molecule has 32 heavy (non-hydrogen) atoms. The third-order valence-corrected chi connectivity index (χ3v) is 6.92. The minimum Gasteiger partial charge on any atom is -0.373 e. The number of hydrogen-bond donors (Lipinski definition) is 1. The molecule has 4 rings (SSSR count). The average Bonchev–Trinajstić information content (AvgIpc) is 3.23. The highest BCUT2D eigenvalue weighted by Gasteiger charge is 2.32. The molecule has 8 nitrogen and oxygen atoms in total. The van der Waals surface area contributed by atoms with Gasteiger partial charge in [-0.05, 0) is 44.4 Å². The molecule has 1 N–H and O–H groups in total. The second-order valence-corrected chi connectivity index (χ2v) is 8.75. The van der Waals surface area contributed by atoms with Crippen molar-refractivity contribution in [3.63, 3.8) is 0 Å². The zero-order chi connectivity index (χ0) is 22.7. The zero-order valence-corrected chi connectivity index (χ0v) is 18.5. The van der Waals surface area contributed by atoms with Crippen LogP contribution in [-0.4, -0.2) is 45.5 Å². The fourth-order valence-electron chi connectivity index (χ4n) is 5.10. The van der Waals surface area contributed by atoms with Crippen LogP contribution in [0, 0.1) is 34.5 Å². The van der Waals surface area contributed by atoms with E-state index < -0.39 is 0 Å². The van der Waals surface area contributed by atoms with E-state index in [2.05, 4.69) is 33.6 Å². The topological polar surface area (TPSA) is 111 Å². The fraction of sp³-hybridized carbons (Fsp3) is 0.542. The van der Waals surface area contributed by atoms with E-state index in [0.29, 0.717) is 55.4 Å². The largest absolute Gasteiger partial charge is 0.373 e. The Hall–Kier alpha value is -3.39. The third-order valence-electron chi connectivity index (χ3n) is 6.92. The van der Waals surface area contributed by atoms with Crippen molar-refractivity contribution < 1.29 is 4.79 Å². The van der Waals surface area contributed by atoms with E-state index in [-0.39, 0.29) is 17.9 Å². The number of carbonyl (C=O) groups is 1. The maximum absolute atomic E-state index is 13.6. The van der Waals surface area contributed by atoms with Crippen LogP contribution in [0.1, 0.15) is 67.2 Å². The first-order chi connectivity index (χ1) is 15.6. The molecule has 0 unspecified atom stereocenters. The highest BCUT2D eigenvalue weighted by atomic mass is 16.2. The lowest BCUT2D eigenvalue weighted by molar-refractivity contribution is 0.0685. The molecule has 0 spiro atoms. The van der Waals surface area contributed by atoms with Gasteiger partial charge < -0.3 is 14.8 Å². The summed E-state index contributed by atoms with van der Waals surface area (Å²) in [5.74, 6) is 1.50. The Morgan fingerprint density at radius 3 is 2.56 bits per heavy atom. The number of imidazole rings is 1. The summed E-state index contributed by atoms with van der Waals surface area (Å²) in [7, 11) is 1.82. The normalized spacial score (nSPS) is 21.7. The van der Waals surface area contributed by atoms with Crippen LogP contribution >= 0.6 is 0 Å². The number of rotatable bonds is 5. The second kappa shape index (κ2) is 9.40. The summed E-state index contributed by atoms with van der Waals surface area (Å²) < 4.78 is 2.11. The molecule has 0 atom stereocenters. The number of pyridine rings is 1. The molecular weight excluding hydrogens is 402 g/mol. The number of amides is 1. The molecule has 166 valence electrons. The lowest BCUT2D eigenvalue weighted by Gasteiger charge is -2.32. The number of nitrogens with one attached hydrogen (secondary N) is 1. The molecule has 2 fully saturated rings. The molecular formula is C24H29N7O. The van der Waals surface area contributed by atoms with E-state index in [1.165, 1.54) is 0 Å². The van der Waals surface area contributed by atoms with Gasteiger partial charge in [-0.1, -0.05) is 12.7 Å². The van der Waals surface area contributed by atoms with Gasteiger partial charge in [0.15, 0.2) is 0 Å². The molecule has 2 aromatic heterocycles. The Morgan fingerprint density at radius 1 is 1.25 bits per heavy atom. The van der Waals surface area contributed by atoms with Crippen LogP contribution < -0.4 is 5.32 Å². The average molecular weight is 432 g/mol. The number of nitriles is 2. The molecule has 1 aliphatic carbocycles. The van der Waals surface area contributed by atoms with Gasteiger partial charge in [-0.25, -0.2) is 9.97 Å². The maximum atomic E-state index is 13.6. The van der Waals surface area contributed by atoms with E-state index in [1.54, 1.807) is 12.3 Å². The van der Waals surface area contributed by atoms with E-state index in [0.717, 1.165) is 36.8 Å². The van der Waals surface area contributed by atoms with E-state index in [4.69, 9.17) is 10.2 Å². The Balaban J connectivity index is 1.76. The molecule has 2 aliphatic rings. The van der Waals surface area contributed by atoms with Crippen LogP contribution in [0.4, 0.5) is 5.82 Å². The minimum absolute atomic E-state index is 0.0167. The number of anilines is 1. The van der Waals surface area contributed by atoms with E-state index in [1.807, 2.05) is 11.9 Å². The number of hydrogen-bond acceptors (Lipinski definition) is 6. The van der Waals surface area contributed by atoms with Gasteiger partial charge >= 0.3 is 0 Å². The second-order valence-electron chi connectivity index (χ2n) is 8.75. The Kier molecular flexibility index (Phi) is 6.41. The van der Waals surface area contributed by atoms with Gasteiger partial charge in [-0.2, -0.15) is 10.5 Å². The quantitative estimate of drug-likeness (QED) is 0.762. The summed E-state index contributed by atoms with van der Waals surface area (Å²) >= 11 is 0. The Morgan fingerprint density at radius 2 is 1.97 bits per heavy atom. The van der Waals surface area contributed by atoms with Crippen LogP contribution in [0.5, 0.6) is 0 Å². The highest BCUT2D eigenvalue weighted by Crippen LogP contribution is 2.38. The highest BCUT2D eigenvalue weighted by molar-refractivity contribution is 5.98. The predicted octanol–water partition coefficient (Wildman–Crippen LogP) is 4.14. The van der Waals surface area contributed by atoms with Crippen molar-refractivity contribution in [1.29, 1.82) is 10.5 Å². The van der Waals surface area contributed by atoms with Gasteiger partial charge in [0, 0.05) is 44.1 Å². The first-order valence-electron chi connectivity index (χ1n) is 11.4. The van der Waals surface area contributed by atoms with Gasteiger partial charge in [-0.3, -0.25) is 4.79 Å². The van der Waals surface area contributed by atoms with Gasteiger partial charge in [0.25, 0.3) is 5.91 Å². The lowest BCUT2D eigenvalue weighted by Crippen LogP contribution is -2.40. The number of likely N-dealkylation sites (tertiary alicyclic amines) is 1. The van der Waals surface area contributed by atoms with Crippen molar-refractivity contribution in [1.82, 2.24) is 19.4 Å². The van der Waals surface area contributed by atoms with Gasteiger partial charge in [0.05, 0.1) is 23.9 Å². The summed E-state index contributed by atoms with van der Waals surface area (Å²) in [5, 5.41) is 21.4. The zero-order valence-electron chi connectivity index (χ0n) is 18.5. The molecule has 1 amide bonds. The monoisotopic (exact) mass is 431 g/mol. The van der Waals surface area contributed by atoms with Crippen molar-refractivity contribution in [2.75, 3.05) is 25.5 Å². The molecule has 3 heterocycles. The van der Waals surface area contributed by atoms with Crippen LogP contribution in [0.3, 0.4) is 0 Å². The summed E-state index contributed by atoms with van der Waals surface area (Å²) in [4.78, 5) is 24.7. The fourth-order valence-corrected chi connectivity index (χ4v) is 5.10. The molecule has 8 heteroatoms. The van der Waals surface area contributed by atoms with Crippen LogP contribution in [0.15, 0.2) is 12.8 Å². The number of nitrogens with zero attached hydrogens (tertiary/aromatic N) is 6. The molecule has 1 aliphatic heterocycles. The van der Waals surface area contributed by atoms with Crippen molar-refractivity contribution in [2.24, 2.45) is 11.8 Å². The SMILES string of the molecule is C=Cc1c(NC)ncc2nc(C(=O)N3CCC(C#N)CC3)n([C@H]3CC[C@H](CC#N)CC3)c12. The molecule has 0 bridgehead atoms. The lowest BCUT2D eigenvalue weighted by atomic mass is 9.84. The van der Waals surface area contributed by atoms with Crippen molar-refractivity contribution >= 4 is 28.8 Å². The number of piperidine rings is 1. The molecule has 1 saturated heterocycles. The molecule has 0 radical (unpaired) electrons. The molecule has 2 aromatic rings. The Bertz CT molecular complexity index is 1090. The number of aromatic nitrogens is 3. The summed E-state index contributed by atoms with van der Waals surface area (Å²) in [5.41, 5.74) is 2.42. The third kappa shape index (κ3) is 3.93. The van der Waals surface area contributed by atoms with Gasteiger partial charge in [0.2, 0.25) is 5.82 Å². The van der Waals surface area contributed by atoms with E-state index in [9.17, 15) is 10.1 Å². The maximum Gasteiger partial charge on any atom is 0.289 e. The predicted molar refractivity (Wildman–Crippen MR) is 123 cm³/mol. The van der Waals surface area contributed by atoms with Crippen LogP contribution in [-0.2, 0) is 0 Å². The van der Waals surface area contributed by atoms with Crippen molar-refractivity contribution in [3.05, 3.63) is 24.2 Å². The standard InChI is InChI=1S/C24H29N7O/c1-3-19-21-20(15-28-22(19)27-2)29-23(24(32)30-12-9-17(14-26)10-13-30)31(21)18-6-4-16(5-7-18)8-11-25/h3,15-18H,1,4-10,12-13H2,2H3,(H,27,28)/t16-,18-. The summed E-state index contributed by atoms with van der Waals surface area (Å²) in [6.07, 6.45) is 9.21. The number of fused-ring (bicyclic) bond motifs is 1. The van der Waals surface area contributed by atoms with Gasteiger partial charge in [0.1, 0.15) is 11.3 Å².